The van der Waals surface area contributed by atoms with Gasteiger partial charge in [-0.1, -0.05) is 24.3 Å². The second kappa shape index (κ2) is 7.30. The van der Waals surface area contributed by atoms with Crippen LogP contribution in [0.5, 0.6) is 0 Å². The molecule has 1 fully saturated rings. The van der Waals surface area contributed by atoms with E-state index >= 15 is 0 Å². The molecule has 1 aromatic carbocycles. The summed E-state index contributed by atoms with van der Waals surface area (Å²) in [4.78, 5) is 17.4. The van der Waals surface area contributed by atoms with Gasteiger partial charge < -0.3 is 9.47 Å². The third-order valence-corrected chi connectivity index (χ3v) is 5.78. The lowest BCUT2D eigenvalue weighted by Gasteiger charge is -2.43. The molecule has 27 heavy (non-hydrogen) atoms. The van der Waals surface area contributed by atoms with Gasteiger partial charge in [-0.05, 0) is 44.1 Å². The van der Waals surface area contributed by atoms with Crippen molar-refractivity contribution in [3.8, 4) is 6.07 Å². The van der Waals surface area contributed by atoms with E-state index in [2.05, 4.69) is 23.1 Å². The molecule has 2 aliphatic heterocycles. The Balaban J connectivity index is 1.58. The highest BCUT2D eigenvalue weighted by Crippen LogP contribution is 2.35. The lowest BCUT2D eigenvalue weighted by Crippen LogP contribution is -2.47. The normalized spacial score (nSPS) is 21.7. The lowest BCUT2D eigenvalue weighted by molar-refractivity contribution is 0.114. The molecule has 0 N–H and O–H groups in total. The van der Waals surface area contributed by atoms with Crippen LogP contribution in [0.2, 0.25) is 0 Å². The summed E-state index contributed by atoms with van der Waals surface area (Å²) in [6.07, 6.45) is 1.16. The summed E-state index contributed by atoms with van der Waals surface area (Å²) in [6, 6.07) is 14.3. The highest BCUT2D eigenvalue weighted by Gasteiger charge is 2.35. The Morgan fingerprint density at radius 2 is 1.93 bits per heavy atom. The van der Waals surface area contributed by atoms with Gasteiger partial charge in [-0.15, -0.1) is 0 Å². The molecule has 4 rings (SSSR count). The van der Waals surface area contributed by atoms with E-state index < -0.39 is 0 Å². The van der Waals surface area contributed by atoms with Crippen LogP contribution in [0.4, 0.5) is 0 Å². The molecule has 5 nitrogen and oxygen atoms in total. The number of rotatable bonds is 4. The Kier molecular flexibility index (Phi) is 4.86. The molecular formula is C22H26N4O. The maximum Gasteiger partial charge on any atom is 0.255 e. The van der Waals surface area contributed by atoms with E-state index in [-0.39, 0.29) is 5.56 Å². The number of piperidine rings is 1. The number of hydrogen-bond acceptors (Lipinski definition) is 4. The Morgan fingerprint density at radius 1 is 1.11 bits per heavy atom. The highest BCUT2D eigenvalue weighted by atomic mass is 16.1. The Bertz CT molecular complexity index is 940. The molecule has 0 unspecified atom stereocenters. The number of nitriles is 1. The highest BCUT2D eigenvalue weighted by molar-refractivity contribution is 5.37. The maximum atomic E-state index is 12.9. The van der Waals surface area contributed by atoms with Crippen molar-refractivity contribution in [2.24, 2.45) is 5.92 Å². The minimum atomic E-state index is 0.180. The van der Waals surface area contributed by atoms with Gasteiger partial charge in [-0.2, -0.15) is 5.26 Å². The lowest BCUT2D eigenvalue weighted by atomic mass is 9.82. The van der Waals surface area contributed by atoms with Crippen LogP contribution < -0.4 is 5.56 Å². The molecule has 1 aromatic heterocycles. The van der Waals surface area contributed by atoms with Gasteiger partial charge in [0.25, 0.3) is 5.56 Å². The largest absolute Gasteiger partial charge is 0.312 e. The summed E-state index contributed by atoms with van der Waals surface area (Å²) in [5.74, 6) is 0.894. The number of fused-ring (bicyclic) bond motifs is 4. The number of nitrogens with zero attached hydrogens (tertiary/aromatic N) is 4. The molecule has 1 saturated heterocycles. The third kappa shape index (κ3) is 3.55. The average Bonchev–Trinajstić information content (AvgIpc) is 2.64. The Morgan fingerprint density at radius 3 is 2.70 bits per heavy atom. The van der Waals surface area contributed by atoms with Crippen molar-refractivity contribution >= 4 is 0 Å². The molecular weight excluding hydrogens is 336 g/mol. The van der Waals surface area contributed by atoms with E-state index in [4.69, 9.17) is 0 Å². The fourth-order valence-corrected chi connectivity index (χ4v) is 4.69. The molecule has 0 spiro atoms. The molecule has 2 atom stereocenters. The maximum absolute atomic E-state index is 12.9. The average molecular weight is 362 g/mol. The number of hydrogen-bond donors (Lipinski definition) is 0. The monoisotopic (exact) mass is 362 g/mol. The summed E-state index contributed by atoms with van der Waals surface area (Å²) in [7, 11) is 3.99. The number of benzene rings is 1. The first kappa shape index (κ1) is 18.0. The summed E-state index contributed by atoms with van der Waals surface area (Å²) in [5.41, 5.74) is 4.09. The molecule has 140 valence electrons. The predicted molar refractivity (Wildman–Crippen MR) is 105 cm³/mol. The molecule has 0 aliphatic carbocycles. The fourth-order valence-electron chi connectivity index (χ4n) is 4.69. The summed E-state index contributed by atoms with van der Waals surface area (Å²) in [6.45, 7) is 4.23. The van der Waals surface area contributed by atoms with E-state index in [1.165, 1.54) is 5.69 Å². The zero-order chi connectivity index (χ0) is 19.0. The Hall–Kier alpha value is -2.42. The van der Waals surface area contributed by atoms with E-state index in [0.29, 0.717) is 18.4 Å². The molecule has 5 heteroatoms. The van der Waals surface area contributed by atoms with Gasteiger partial charge in [-0.3, -0.25) is 9.69 Å². The zero-order valence-corrected chi connectivity index (χ0v) is 16.1. The van der Waals surface area contributed by atoms with Crippen molar-refractivity contribution in [2.45, 2.75) is 32.0 Å². The fraction of sp³-hybridized carbons (Fsp3) is 0.455. The predicted octanol–water partition coefficient (Wildman–Crippen LogP) is 2.40. The Labute approximate surface area is 160 Å². The van der Waals surface area contributed by atoms with E-state index in [0.717, 1.165) is 49.3 Å². The smallest absolute Gasteiger partial charge is 0.255 e. The minimum Gasteiger partial charge on any atom is -0.312 e. The van der Waals surface area contributed by atoms with E-state index in [9.17, 15) is 10.1 Å². The van der Waals surface area contributed by atoms with Crippen LogP contribution in [0.15, 0.2) is 41.2 Å². The summed E-state index contributed by atoms with van der Waals surface area (Å²) < 4.78 is 2.03. The minimum absolute atomic E-state index is 0.180. The van der Waals surface area contributed by atoms with Gasteiger partial charge in [-0.25, -0.2) is 0 Å². The van der Waals surface area contributed by atoms with Crippen LogP contribution >= 0.6 is 0 Å². The van der Waals surface area contributed by atoms with Crippen molar-refractivity contribution in [1.29, 1.82) is 5.26 Å². The van der Waals surface area contributed by atoms with Gasteiger partial charge in [0.05, 0.1) is 11.6 Å². The molecule has 3 heterocycles. The van der Waals surface area contributed by atoms with Crippen LogP contribution in [0, 0.1) is 17.2 Å². The summed E-state index contributed by atoms with van der Waals surface area (Å²) >= 11 is 0. The van der Waals surface area contributed by atoms with Crippen molar-refractivity contribution in [3.05, 3.63) is 69.1 Å². The topological polar surface area (TPSA) is 52.3 Å². The van der Waals surface area contributed by atoms with Crippen molar-refractivity contribution in [3.63, 3.8) is 0 Å². The second-order valence-electron chi connectivity index (χ2n) is 8.20. The first-order valence-electron chi connectivity index (χ1n) is 9.63. The van der Waals surface area contributed by atoms with Crippen molar-refractivity contribution < 1.29 is 0 Å². The van der Waals surface area contributed by atoms with Crippen LogP contribution in [-0.2, 0) is 19.6 Å². The standard InChI is InChI=1S/C22H26N4O/c1-24(2)13-19-7-8-21-20-9-16(12-26(21)22(19)27)11-25(15-20)14-18-6-4-3-5-17(18)10-23/h3-8,16,20H,9,11-15H2,1-2H3/t16-,20+/m0/s1. The molecule has 0 radical (unpaired) electrons. The van der Waals surface area contributed by atoms with Crippen molar-refractivity contribution in [2.75, 3.05) is 27.2 Å². The third-order valence-electron chi connectivity index (χ3n) is 5.78. The van der Waals surface area contributed by atoms with E-state index in [1.807, 2.05) is 47.8 Å². The van der Waals surface area contributed by atoms with Gasteiger partial charge in [0.2, 0.25) is 0 Å². The first-order chi connectivity index (χ1) is 13.0. The molecule has 2 aliphatic rings. The molecule has 0 amide bonds. The zero-order valence-electron chi connectivity index (χ0n) is 16.1. The second-order valence-corrected chi connectivity index (χ2v) is 8.20. The summed E-state index contributed by atoms with van der Waals surface area (Å²) in [5, 5.41) is 9.35. The molecule has 2 aromatic rings. The number of pyridine rings is 1. The van der Waals surface area contributed by atoms with E-state index in [1.54, 1.807) is 0 Å². The van der Waals surface area contributed by atoms with Crippen LogP contribution in [0.25, 0.3) is 0 Å². The molecule has 2 bridgehead atoms. The van der Waals surface area contributed by atoms with Gasteiger partial charge in [0.1, 0.15) is 0 Å². The van der Waals surface area contributed by atoms with Crippen LogP contribution in [0.3, 0.4) is 0 Å². The van der Waals surface area contributed by atoms with Crippen molar-refractivity contribution in [1.82, 2.24) is 14.4 Å². The molecule has 0 saturated carbocycles. The number of aromatic nitrogens is 1. The number of likely N-dealkylation sites (tertiary alicyclic amines) is 1. The SMILES string of the molecule is CN(C)Cc1ccc2n(c1=O)C[C@H]1C[C@@H]2CN(Cc2ccccc2C#N)C1. The quantitative estimate of drug-likeness (QED) is 0.838. The van der Waals surface area contributed by atoms with Gasteiger partial charge in [0.15, 0.2) is 0 Å². The van der Waals surface area contributed by atoms with Crippen LogP contribution in [0.1, 0.15) is 34.7 Å². The van der Waals surface area contributed by atoms with Gasteiger partial charge >= 0.3 is 0 Å². The van der Waals surface area contributed by atoms with Gasteiger partial charge in [0, 0.05) is 49.9 Å². The van der Waals surface area contributed by atoms with Crippen LogP contribution in [-0.4, -0.2) is 41.6 Å². The first-order valence-corrected chi connectivity index (χ1v) is 9.63.